The SMILES string of the molecule is CC(=Cc1ccc2nc(C3(NC(=O)c4ccc5c(C6CCCC6)c(-c6ccc(C)nc6C)n(C)c5c4)CCC3)n(C)c2c1)C(=O)O. The minimum absolute atomic E-state index is 0.104. The summed E-state index contributed by atoms with van der Waals surface area (Å²) in [7, 11) is 4.09. The molecule has 236 valence electrons. The van der Waals surface area contributed by atoms with E-state index in [4.69, 9.17) is 9.97 Å². The van der Waals surface area contributed by atoms with Crippen molar-refractivity contribution in [3.63, 3.8) is 0 Å². The van der Waals surface area contributed by atoms with Crippen LogP contribution in [0, 0.1) is 13.8 Å². The van der Waals surface area contributed by atoms with Crippen molar-refractivity contribution in [2.45, 2.75) is 77.2 Å². The minimum Gasteiger partial charge on any atom is -0.478 e. The Bertz CT molecular complexity index is 2070. The largest absolute Gasteiger partial charge is 0.478 e. The number of hydrogen-bond acceptors (Lipinski definition) is 4. The summed E-state index contributed by atoms with van der Waals surface area (Å²) in [5.41, 5.74) is 9.73. The van der Waals surface area contributed by atoms with Crippen molar-refractivity contribution in [3.8, 4) is 11.3 Å². The Labute approximate surface area is 269 Å². The number of imidazole rings is 1. The van der Waals surface area contributed by atoms with E-state index in [1.165, 1.54) is 42.3 Å². The van der Waals surface area contributed by atoms with Gasteiger partial charge in [-0.15, -0.1) is 0 Å². The van der Waals surface area contributed by atoms with E-state index in [1.54, 1.807) is 13.0 Å². The Morgan fingerprint density at radius 3 is 2.37 bits per heavy atom. The van der Waals surface area contributed by atoms with Crippen LogP contribution in [0.15, 0.2) is 54.1 Å². The van der Waals surface area contributed by atoms with Gasteiger partial charge in [-0.1, -0.05) is 25.0 Å². The molecule has 3 aromatic heterocycles. The minimum atomic E-state index is -0.941. The van der Waals surface area contributed by atoms with Gasteiger partial charge in [0.15, 0.2) is 0 Å². The van der Waals surface area contributed by atoms with Gasteiger partial charge in [-0.25, -0.2) is 9.78 Å². The number of aliphatic carboxylic acids is 1. The lowest BCUT2D eigenvalue weighted by Crippen LogP contribution is -2.52. The highest BCUT2D eigenvalue weighted by Crippen LogP contribution is 2.46. The lowest BCUT2D eigenvalue weighted by molar-refractivity contribution is -0.132. The van der Waals surface area contributed by atoms with Gasteiger partial charge in [0.25, 0.3) is 5.91 Å². The van der Waals surface area contributed by atoms with Crippen molar-refractivity contribution >= 4 is 39.9 Å². The molecule has 3 heterocycles. The molecular weight excluding hydrogens is 574 g/mol. The second kappa shape index (κ2) is 11.3. The predicted molar refractivity (Wildman–Crippen MR) is 182 cm³/mol. The van der Waals surface area contributed by atoms with Crippen molar-refractivity contribution < 1.29 is 14.7 Å². The summed E-state index contributed by atoms with van der Waals surface area (Å²) in [5.74, 6) is 0.279. The first-order valence-electron chi connectivity index (χ1n) is 16.3. The number of carbonyl (C=O) groups excluding carboxylic acids is 1. The third kappa shape index (κ3) is 4.91. The maximum absolute atomic E-state index is 14.0. The summed E-state index contributed by atoms with van der Waals surface area (Å²) in [6.45, 7) is 5.70. The second-order valence-corrected chi connectivity index (χ2v) is 13.4. The van der Waals surface area contributed by atoms with Crippen LogP contribution in [0.3, 0.4) is 0 Å². The number of aromatic nitrogens is 4. The fourth-order valence-corrected chi connectivity index (χ4v) is 7.76. The molecule has 2 saturated carbocycles. The zero-order chi connectivity index (χ0) is 32.3. The lowest BCUT2D eigenvalue weighted by Gasteiger charge is -2.41. The molecule has 0 aliphatic heterocycles. The van der Waals surface area contributed by atoms with E-state index in [9.17, 15) is 14.7 Å². The average Bonchev–Trinajstić information content (AvgIpc) is 3.72. The quantitative estimate of drug-likeness (QED) is 0.183. The fraction of sp³-hybridized carbons (Fsp3) is 0.368. The molecule has 5 aromatic rings. The van der Waals surface area contributed by atoms with E-state index < -0.39 is 11.5 Å². The summed E-state index contributed by atoms with van der Waals surface area (Å²) in [6.07, 6.45) is 9.15. The van der Waals surface area contributed by atoms with Gasteiger partial charge in [0.1, 0.15) is 5.82 Å². The molecule has 0 radical (unpaired) electrons. The molecule has 0 saturated heterocycles. The number of rotatable bonds is 7. The van der Waals surface area contributed by atoms with Gasteiger partial charge < -0.3 is 19.6 Å². The van der Waals surface area contributed by atoms with Crippen LogP contribution in [0.5, 0.6) is 0 Å². The van der Waals surface area contributed by atoms with E-state index in [1.807, 2.05) is 48.9 Å². The van der Waals surface area contributed by atoms with Crippen LogP contribution < -0.4 is 5.32 Å². The van der Waals surface area contributed by atoms with Crippen LogP contribution in [-0.2, 0) is 24.4 Å². The topological polar surface area (TPSA) is 102 Å². The number of fused-ring (bicyclic) bond motifs is 2. The number of carboxylic acid groups (broad SMARTS) is 1. The molecule has 8 heteroatoms. The normalized spacial score (nSPS) is 16.7. The monoisotopic (exact) mass is 615 g/mol. The van der Waals surface area contributed by atoms with Crippen LogP contribution in [0.1, 0.15) is 96.5 Å². The molecular formula is C38H41N5O3. The summed E-state index contributed by atoms with van der Waals surface area (Å²) in [6, 6.07) is 16.2. The molecule has 2 aliphatic rings. The molecule has 2 aromatic carbocycles. The molecule has 2 N–H and O–H groups in total. The van der Waals surface area contributed by atoms with Crippen LogP contribution >= 0.6 is 0 Å². The zero-order valence-electron chi connectivity index (χ0n) is 27.3. The Morgan fingerprint density at radius 1 is 0.935 bits per heavy atom. The molecule has 1 amide bonds. The Hall–Kier alpha value is -4.72. The molecule has 0 bridgehead atoms. The van der Waals surface area contributed by atoms with E-state index in [2.05, 4.69) is 42.1 Å². The summed E-state index contributed by atoms with van der Waals surface area (Å²) in [4.78, 5) is 35.2. The first kappa shape index (κ1) is 30.0. The van der Waals surface area contributed by atoms with E-state index >= 15 is 0 Å². The van der Waals surface area contributed by atoms with Crippen LogP contribution in [0.25, 0.3) is 39.3 Å². The number of aryl methyl sites for hydroxylation is 4. The smallest absolute Gasteiger partial charge is 0.331 e. The molecule has 0 spiro atoms. The first-order chi connectivity index (χ1) is 22.1. The number of benzene rings is 2. The average molecular weight is 616 g/mol. The number of carboxylic acids is 1. The van der Waals surface area contributed by atoms with Crippen molar-refractivity contribution in [3.05, 3.63) is 88.0 Å². The van der Waals surface area contributed by atoms with E-state index in [-0.39, 0.29) is 11.5 Å². The Kier molecular flexibility index (Phi) is 7.34. The standard InChI is InChI=1S/C38H41N5O3/c1-22(36(45)46)19-25-12-16-30-32(20-25)43(5)37(40-30)38(17-8-18-38)41-35(44)27-13-15-29-31(21-27)42(4)34(33(29)26-9-6-7-10-26)28-14-11-23(2)39-24(28)3/h11-16,19-21,26H,6-10,17-18H2,1-5H3,(H,41,44)(H,45,46). The molecule has 46 heavy (non-hydrogen) atoms. The molecule has 7 rings (SSSR count). The van der Waals surface area contributed by atoms with Crippen molar-refractivity contribution in [1.82, 2.24) is 24.4 Å². The van der Waals surface area contributed by atoms with Crippen LogP contribution in [0.2, 0.25) is 0 Å². The maximum atomic E-state index is 14.0. The Balaban J connectivity index is 1.25. The van der Waals surface area contributed by atoms with Crippen LogP contribution in [-0.4, -0.2) is 36.1 Å². The predicted octanol–water partition coefficient (Wildman–Crippen LogP) is 7.70. The van der Waals surface area contributed by atoms with Crippen molar-refractivity contribution in [2.24, 2.45) is 14.1 Å². The highest BCUT2D eigenvalue weighted by Gasteiger charge is 2.44. The van der Waals surface area contributed by atoms with Gasteiger partial charge in [-0.2, -0.15) is 0 Å². The number of hydrogen-bond donors (Lipinski definition) is 2. The lowest BCUT2D eigenvalue weighted by atomic mass is 9.75. The van der Waals surface area contributed by atoms with Crippen LogP contribution in [0.4, 0.5) is 0 Å². The van der Waals surface area contributed by atoms with Crippen molar-refractivity contribution in [2.75, 3.05) is 0 Å². The second-order valence-electron chi connectivity index (χ2n) is 13.4. The molecule has 2 fully saturated rings. The summed E-state index contributed by atoms with van der Waals surface area (Å²) in [5, 5.41) is 13.9. The first-order valence-corrected chi connectivity index (χ1v) is 16.3. The zero-order valence-corrected chi connectivity index (χ0v) is 27.3. The molecule has 2 aliphatic carbocycles. The third-order valence-electron chi connectivity index (χ3n) is 10.4. The van der Waals surface area contributed by atoms with Gasteiger partial charge in [-0.05, 0) is 112 Å². The number of amides is 1. The van der Waals surface area contributed by atoms with E-state index in [0.29, 0.717) is 11.5 Å². The number of carbonyl (C=O) groups is 2. The maximum Gasteiger partial charge on any atom is 0.331 e. The van der Waals surface area contributed by atoms with Gasteiger partial charge in [-0.3, -0.25) is 9.78 Å². The highest BCUT2D eigenvalue weighted by molar-refractivity contribution is 6.01. The van der Waals surface area contributed by atoms with Gasteiger partial charge >= 0.3 is 5.97 Å². The third-order valence-corrected chi connectivity index (χ3v) is 10.4. The molecule has 0 unspecified atom stereocenters. The molecule has 8 nitrogen and oxygen atoms in total. The number of nitrogens with one attached hydrogen (secondary N) is 1. The van der Waals surface area contributed by atoms with E-state index in [0.717, 1.165) is 64.2 Å². The number of pyridine rings is 1. The van der Waals surface area contributed by atoms with Gasteiger partial charge in [0.2, 0.25) is 0 Å². The Morgan fingerprint density at radius 2 is 1.70 bits per heavy atom. The summed E-state index contributed by atoms with van der Waals surface area (Å²) < 4.78 is 4.31. The summed E-state index contributed by atoms with van der Waals surface area (Å²) >= 11 is 0. The fourth-order valence-electron chi connectivity index (χ4n) is 7.76. The van der Waals surface area contributed by atoms with Gasteiger partial charge in [0, 0.05) is 53.1 Å². The molecule has 0 atom stereocenters. The van der Waals surface area contributed by atoms with Crippen molar-refractivity contribution in [1.29, 1.82) is 0 Å². The van der Waals surface area contributed by atoms with Gasteiger partial charge in [0.05, 0.1) is 22.3 Å². The number of nitrogens with zero attached hydrogens (tertiary/aromatic N) is 4. The highest BCUT2D eigenvalue weighted by atomic mass is 16.4.